The average Bonchev–Trinajstić information content (AvgIpc) is 3.13. The highest BCUT2D eigenvalue weighted by molar-refractivity contribution is 5.95. The summed E-state index contributed by atoms with van der Waals surface area (Å²) in [4.78, 5) is 25.6. The van der Waals surface area contributed by atoms with Crippen LogP contribution in [0.4, 0.5) is 0 Å². The van der Waals surface area contributed by atoms with Crippen LogP contribution in [-0.2, 0) is 14.3 Å². The topological polar surface area (TPSA) is 58.6 Å². The smallest absolute Gasteiger partial charge is 0.246 e. The van der Waals surface area contributed by atoms with Gasteiger partial charge in [0.15, 0.2) is 0 Å². The van der Waals surface area contributed by atoms with E-state index in [1.165, 1.54) is 0 Å². The highest BCUT2D eigenvalue weighted by Crippen LogP contribution is 2.34. The number of nitrogens with zero attached hydrogens (tertiary/aromatic N) is 1. The van der Waals surface area contributed by atoms with Gasteiger partial charge in [-0.1, -0.05) is 6.92 Å². The normalized spacial score (nSPS) is 26.9. The molecular formula is C12H20N2O3. The summed E-state index contributed by atoms with van der Waals surface area (Å²) >= 11 is 0. The molecular weight excluding hydrogens is 220 g/mol. The first kappa shape index (κ1) is 12.4. The molecule has 0 aromatic carbocycles. The largest absolute Gasteiger partial charge is 0.383 e. The molecule has 0 spiro atoms. The van der Waals surface area contributed by atoms with Crippen molar-refractivity contribution in [2.45, 2.75) is 38.3 Å². The predicted molar refractivity (Wildman–Crippen MR) is 62.3 cm³/mol. The predicted octanol–water partition coefficient (Wildman–Crippen LogP) is 0.148. The summed E-state index contributed by atoms with van der Waals surface area (Å²) < 4.78 is 5.12. The maximum Gasteiger partial charge on any atom is 0.246 e. The molecule has 2 aliphatic rings. The van der Waals surface area contributed by atoms with Crippen molar-refractivity contribution in [3.63, 3.8) is 0 Å². The molecule has 5 heteroatoms. The molecule has 1 saturated heterocycles. The van der Waals surface area contributed by atoms with Crippen LogP contribution in [-0.4, -0.2) is 49.1 Å². The SMILES string of the molecule is CCC(COC)N1CC(=O)NC(C2CC2)C1=O. The number of methoxy groups -OCH3 is 1. The number of piperazine rings is 1. The molecule has 0 bridgehead atoms. The highest BCUT2D eigenvalue weighted by atomic mass is 16.5. The summed E-state index contributed by atoms with van der Waals surface area (Å²) in [7, 11) is 1.62. The zero-order chi connectivity index (χ0) is 12.4. The van der Waals surface area contributed by atoms with Gasteiger partial charge < -0.3 is 15.0 Å². The van der Waals surface area contributed by atoms with E-state index in [4.69, 9.17) is 4.74 Å². The van der Waals surface area contributed by atoms with Gasteiger partial charge in [-0.3, -0.25) is 9.59 Å². The zero-order valence-corrected chi connectivity index (χ0v) is 10.4. The van der Waals surface area contributed by atoms with E-state index in [9.17, 15) is 9.59 Å². The molecule has 1 aliphatic carbocycles. The fourth-order valence-electron chi connectivity index (χ4n) is 2.37. The third kappa shape index (κ3) is 2.60. The molecule has 2 fully saturated rings. The Morgan fingerprint density at radius 1 is 1.47 bits per heavy atom. The van der Waals surface area contributed by atoms with Gasteiger partial charge in [-0.25, -0.2) is 0 Å². The minimum atomic E-state index is -0.290. The van der Waals surface area contributed by atoms with E-state index in [1.807, 2.05) is 6.92 Å². The van der Waals surface area contributed by atoms with E-state index in [0.29, 0.717) is 12.5 Å². The molecule has 1 saturated carbocycles. The van der Waals surface area contributed by atoms with Crippen LogP contribution >= 0.6 is 0 Å². The van der Waals surface area contributed by atoms with Crippen molar-refractivity contribution in [2.75, 3.05) is 20.3 Å². The third-order valence-electron chi connectivity index (χ3n) is 3.54. The highest BCUT2D eigenvalue weighted by Gasteiger charge is 2.44. The molecule has 1 heterocycles. The van der Waals surface area contributed by atoms with Crippen molar-refractivity contribution in [1.82, 2.24) is 10.2 Å². The van der Waals surface area contributed by atoms with Gasteiger partial charge in [0, 0.05) is 7.11 Å². The first-order valence-corrected chi connectivity index (χ1v) is 6.26. The number of amides is 2. The van der Waals surface area contributed by atoms with E-state index < -0.39 is 0 Å². The molecule has 17 heavy (non-hydrogen) atoms. The second-order valence-corrected chi connectivity index (χ2v) is 4.87. The number of ether oxygens (including phenoxy) is 1. The second kappa shape index (κ2) is 5.04. The number of hydrogen-bond acceptors (Lipinski definition) is 3. The van der Waals surface area contributed by atoms with Gasteiger partial charge in [-0.15, -0.1) is 0 Å². The standard InChI is InChI=1S/C12H20N2O3/c1-3-9(7-17-2)14-6-10(15)13-11(12(14)16)8-4-5-8/h8-9,11H,3-7H2,1-2H3,(H,13,15). The Kier molecular flexibility index (Phi) is 3.66. The minimum absolute atomic E-state index is 0.0137. The molecule has 1 N–H and O–H groups in total. The van der Waals surface area contributed by atoms with Crippen LogP contribution in [0.25, 0.3) is 0 Å². The Morgan fingerprint density at radius 2 is 2.18 bits per heavy atom. The number of nitrogens with one attached hydrogen (secondary N) is 1. The number of hydrogen-bond donors (Lipinski definition) is 1. The Morgan fingerprint density at radius 3 is 2.71 bits per heavy atom. The van der Waals surface area contributed by atoms with E-state index in [2.05, 4.69) is 5.32 Å². The summed E-state index contributed by atoms with van der Waals surface area (Å²) in [6.45, 7) is 2.67. The van der Waals surface area contributed by atoms with Gasteiger partial charge in [0.2, 0.25) is 11.8 Å². The number of carbonyl (C=O) groups excluding carboxylic acids is 2. The molecule has 5 nitrogen and oxygen atoms in total. The van der Waals surface area contributed by atoms with Crippen LogP contribution in [0.5, 0.6) is 0 Å². The molecule has 0 aromatic heterocycles. The summed E-state index contributed by atoms with van der Waals surface area (Å²) in [6, 6.07) is -0.276. The van der Waals surface area contributed by atoms with Crippen molar-refractivity contribution >= 4 is 11.8 Å². The van der Waals surface area contributed by atoms with Gasteiger partial charge in [-0.05, 0) is 25.2 Å². The monoisotopic (exact) mass is 240 g/mol. The van der Waals surface area contributed by atoms with Crippen molar-refractivity contribution in [1.29, 1.82) is 0 Å². The quantitative estimate of drug-likeness (QED) is 0.744. The fourth-order valence-corrected chi connectivity index (χ4v) is 2.37. The van der Waals surface area contributed by atoms with Crippen molar-refractivity contribution in [2.24, 2.45) is 5.92 Å². The van der Waals surface area contributed by atoms with Crippen molar-refractivity contribution < 1.29 is 14.3 Å². The van der Waals surface area contributed by atoms with E-state index in [-0.39, 0.29) is 30.4 Å². The van der Waals surface area contributed by atoms with Crippen LogP contribution in [0.3, 0.4) is 0 Å². The van der Waals surface area contributed by atoms with E-state index in [1.54, 1.807) is 12.0 Å². The lowest BCUT2D eigenvalue weighted by molar-refractivity contribution is -0.148. The molecule has 2 amide bonds. The molecule has 0 aromatic rings. The van der Waals surface area contributed by atoms with Crippen LogP contribution < -0.4 is 5.32 Å². The van der Waals surface area contributed by atoms with Crippen LogP contribution in [0.15, 0.2) is 0 Å². The molecule has 96 valence electrons. The van der Waals surface area contributed by atoms with Crippen LogP contribution in [0, 0.1) is 5.92 Å². The number of carbonyl (C=O) groups is 2. The molecule has 2 rings (SSSR count). The second-order valence-electron chi connectivity index (χ2n) is 4.87. The lowest BCUT2D eigenvalue weighted by Crippen LogP contribution is -2.62. The molecule has 1 aliphatic heterocycles. The summed E-state index contributed by atoms with van der Waals surface area (Å²) in [5, 5.41) is 2.81. The first-order valence-electron chi connectivity index (χ1n) is 6.26. The zero-order valence-electron chi connectivity index (χ0n) is 10.4. The Hall–Kier alpha value is -1.10. The van der Waals surface area contributed by atoms with Crippen LogP contribution in [0.1, 0.15) is 26.2 Å². The summed E-state index contributed by atoms with van der Waals surface area (Å²) in [6.07, 6.45) is 2.90. The average molecular weight is 240 g/mol. The first-order chi connectivity index (χ1) is 8.17. The van der Waals surface area contributed by atoms with Gasteiger partial charge >= 0.3 is 0 Å². The van der Waals surface area contributed by atoms with Gasteiger partial charge in [0.05, 0.1) is 19.2 Å². The Labute approximate surface area is 101 Å². The van der Waals surface area contributed by atoms with E-state index >= 15 is 0 Å². The van der Waals surface area contributed by atoms with Crippen molar-refractivity contribution in [3.05, 3.63) is 0 Å². The van der Waals surface area contributed by atoms with E-state index in [0.717, 1.165) is 19.3 Å². The third-order valence-corrected chi connectivity index (χ3v) is 3.54. The maximum atomic E-state index is 12.3. The summed E-state index contributed by atoms with van der Waals surface area (Å²) in [5.41, 5.74) is 0. The molecule has 2 unspecified atom stereocenters. The van der Waals surface area contributed by atoms with Crippen LogP contribution in [0.2, 0.25) is 0 Å². The minimum Gasteiger partial charge on any atom is -0.383 e. The Balaban J connectivity index is 2.08. The lowest BCUT2D eigenvalue weighted by atomic mass is 10.1. The lowest BCUT2D eigenvalue weighted by Gasteiger charge is -2.37. The molecule has 0 radical (unpaired) electrons. The summed E-state index contributed by atoms with van der Waals surface area (Å²) in [5.74, 6) is 0.376. The maximum absolute atomic E-state index is 12.3. The Bertz CT molecular complexity index is 315. The van der Waals surface area contributed by atoms with Crippen molar-refractivity contribution in [3.8, 4) is 0 Å². The van der Waals surface area contributed by atoms with Gasteiger partial charge in [-0.2, -0.15) is 0 Å². The van der Waals surface area contributed by atoms with Gasteiger partial charge in [0.1, 0.15) is 6.04 Å². The van der Waals surface area contributed by atoms with Gasteiger partial charge in [0.25, 0.3) is 0 Å². The number of rotatable bonds is 5. The molecule has 2 atom stereocenters. The fraction of sp³-hybridized carbons (Fsp3) is 0.833.